The normalized spacial score (nSPS) is 12.0. The molecule has 2 nitrogen and oxygen atoms in total. The van der Waals surface area contributed by atoms with Gasteiger partial charge in [-0.05, 0) is 66.6 Å². The molecule has 0 aliphatic heterocycles. The van der Waals surface area contributed by atoms with Gasteiger partial charge in [0.2, 0.25) is 0 Å². The fraction of sp³-hybridized carbons (Fsp3) is 0.290. The van der Waals surface area contributed by atoms with Crippen molar-refractivity contribution in [3.8, 4) is 5.75 Å². The van der Waals surface area contributed by atoms with E-state index in [1.54, 1.807) is 0 Å². The second-order valence-electron chi connectivity index (χ2n) is 8.97. The van der Waals surface area contributed by atoms with E-state index in [4.69, 9.17) is 4.74 Å². The average molecular weight is 438 g/mol. The van der Waals surface area contributed by atoms with E-state index >= 15 is 0 Å². The Morgan fingerprint density at radius 1 is 0.939 bits per heavy atom. The molecule has 0 saturated heterocycles. The first kappa shape index (κ1) is 22.9. The van der Waals surface area contributed by atoms with Crippen molar-refractivity contribution in [3.05, 3.63) is 107 Å². The molecular formula is C31H35NO. The molecule has 0 atom stereocenters. The molecule has 1 heterocycles. The van der Waals surface area contributed by atoms with Crippen LogP contribution in [0.4, 0.5) is 0 Å². The smallest absolute Gasteiger partial charge is 0.122 e. The molecule has 4 aromatic rings. The summed E-state index contributed by atoms with van der Waals surface area (Å²) in [6.07, 6.45) is 8.69. The highest BCUT2D eigenvalue weighted by Crippen LogP contribution is 2.44. The number of benzene rings is 3. The van der Waals surface area contributed by atoms with Crippen LogP contribution in [0.3, 0.4) is 0 Å². The number of hydrogen-bond donors (Lipinski definition) is 0. The van der Waals surface area contributed by atoms with E-state index in [1.165, 1.54) is 38.7 Å². The molecule has 2 heteroatoms. The highest BCUT2D eigenvalue weighted by Gasteiger charge is 2.34. The lowest BCUT2D eigenvalue weighted by Crippen LogP contribution is -2.26. The van der Waals surface area contributed by atoms with Gasteiger partial charge in [-0.3, -0.25) is 0 Å². The number of allylic oxidation sites excluding steroid dienone is 1. The van der Waals surface area contributed by atoms with Crippen molar-refractivity contribution in [1.82, 2.24) is 4.57 Å². The second kappa shape index (κ2) is 9.70. The fourth-order valence-corrected chi connectivity index (χ4v) is 5.12. The Balaban J connectivity index is 1.73. The lowest BCUT2D eigenvalue weighted by Gasteiger charge is -2.33. The first-order valence-electron chi connectivity index (χ1n) is 12.0. The molecule has 170 valence electrons. The predicted octanol–water partition coefficient (Wildman–Crippen LogP) is 8.20. The van der Waals surface area contributed by atoms with E-state index in [9.17, 15) is 0 Å². The Morgan fingerprint density at radius 3 is 2.36 bits per heavy atom. The average Bonchev–Trinajstić information content (AvgIpc) is 3.17. The number of hydrogen-bond acceptors (Lipinski definition) is 1. The predicted molar refractivity (Wildman–Crippen MR) is 141 cm³/mol. The number of ether oxygens (including phenoxy) is 1. The van der Waals surface area contributed by atoms with Crippen LogP contribution in [-0.2, 0) is 19.1 Å². The van der Waals surface area contributed by atoms with Gasteiger partial charge in [0.1, 0.15) is 12.4 Å². The summed E-state index contributed by atoms with van der Waals surface area (Å²) in [5.74, 6) is 0.956. The van der Waals surface area contributed by atoms with Crippen molar-refractivity contribution in [3.63, 3.8) is 0 Å². The summed E-state index contributed by atoms with van der Waals surface area (Å²) in [6.45, 7) is 9.44. The molecule has 0 fully saturated rings. The minimum Gasteiger partial charge on any atom is -0.489 e. The van der Waals surface area contributed by atoms with Crippen LogP contribution in [-0.4, -0.2) is 4.57 Å². The van der Waals surface area contributed by atoms with Crippen molar-refractivity contribution in [2.75, 3.05) is 0 Å². The summed E-state index contributed by atoms with van der Waals surface area (Å²) < 4.78 is 8.44. The van der Waals surface area contributed by atoms with Crippen LogP contribution in [0, 0.1) is 6.92 Å². The van der Waals surface area contributed by atoms with Crippen LogP contribution in [0.1, 0.15) is 61.4 Å². The van der Waals surface area contributed by atoms with Gasteiger partial charge in [-0.25, -0.2) is 0 Å². The molecule has 1 aromatic heterocycles. The summed E-state index contributed by atoms with van der Waals surface area (Å²) in [5.41, 5.74) is 7.63. The maximum absolute atomic E-state index is 6.16. The minimum absolute atomic E-state index is 0.0374. The molecule has 0 aliphatic carbocycles. The zero-order chi connectivity index (χ0) is 23.4. The summed E-state index contributed by atoms with van der Waals surface area (Å²) in [7, 11) is 2.16. The van der Waals surface area contributed by atoms with Gasteiger partial charge in [0.25, 0.3) is 0 Å². The lowest BCUT2D eigenvalue weighted by molar-refractivity contribution is 0.303. The molecule has 33 heavy (non-hydrogen) atoms. The first-order chi connectivity index (χ1) is 16.0. The topological polar surface area (TPSA) is 14.2 Å². The van der Waals surface area contributed by atoms with Crippen molar-refractivity contribution in [2.45, 2.75) is 52.6 Å². The Bertz CT molecular complexity index is 1260. The summed E-state index contributed by atoms with van der Waals surface area (Å²) >= 11 is 0. The van der Waals surface area contributed by atoms with Crippen molar-refractivity contribution in [2.24, 2.45) is 7.05 Å². The highest BCUT2D eigenvalue weighted by molar-refractivity contribution is 5.87. The van der Waals surface area contributed by atoms with Crippen LogP contribution in [0.2, 0.25) is 0 Å². The van der Waals surface area contributed by atoms with Gasteiger partial charge in [0.05, 0.1) is 0 Å². The third-order valence-corrected chi connectivity index (χ3v) is 7.06. The Morgan fingerprint density at radius 2 is 1.70 bits per heavy atom. The molecule has 0 spiro atoms. The van der Waals surface area contributed by atoms with Gasteiger partial charge in [-0.2, -0.15) is 0 Å². The monoisotopic (exact) mass is 437 g/mol. The Kier molecular flexibility index (Phi) is 6.74. The Labute approximate surface area is 198 Å². The maximum Gasteiger partial charge on any atom is 0.122 e. The van der Waals surface area contributed by atoms with Gasteiger partial charge < -0.3 is 9.30 Å². The molecule has 3 aromatic carbocycles. The van der Waals surface area contributed by atoms with Crippen LogP contribution < -0.4 is 4.74 Å². The van der Waals surface area contributed by atoms with Gasteiger partial charge in [-0.1, -0.05) is 80.6 Å². The van der Waals surface area contributed by atoms with Crippen LogP contribution in [0.5, 0.6) is 5.75 Å². The summed E-state index contributed by atoms with van der Waals surface area (Å²) in [5, 5.41) is 1.34. The number of rotatable bonds is 8. The molecule has 0 radical (unpaired) electrons. The largest absolute Gasteiger partial charge is 0.489 e. The van der Waals surface area contributed by atoms with Gasteiger partial charge in [0, 0.05) is 29.6 Å². The summed E-state index contributed by atoms with van der Waals surface area (Å²) in [4.78, 5) is 0. The Hall–Kier alpha value is -3.26. The third kappa shape index (κ3) is 4.35. The van der Waals surface area contributed by atoms with E-state index in [2.05, 4.69) is 118 Å². The van der Waals surface area contributed by atoms with Crippen LogP contribution >= 0.6 is 0 Å². The number of aromatic nitrogens is 1. The number of aryl methyl sites for hydroxylation is 2. The lowest BCUT2D eigenvalue weighted by atomic mass is 9.70. The van der Waals surface area contributed by atoms with Gasteiger partial charge in [0.15, 0.2) is 0 Å². The molecular weight excluding hydrogens is 402 g/mol. The maximum atomic E-state index is 6.16. The van der Waals surface area contributed by atoms with Crippen LogP contribution in [0.15, 0.2) is 79.0 Å². The number of nitrogens with zero attached hydrogens (tertiary/aromatic N) is 1. The molecule has 0 N–H and O–H groups in total. The van der Waals surface area contributed by atoms with Crippen molar-refractivity contribution < 1.29 is 4.74 Å². The molecule has 0 saturated carbocycles. The zero-order valence-electron chi connectivity index (χ0n) is 20.6. The molecule has 4 rings (SSSR count). The highest BCUT2D eigenvalue weighted by atomic mass is 16.5. The molecule has 0 aliphatic rings. The van der Waals surface area contributed by atoms with Gasteiger partial charge in [-0.15, -0.1) is 0 Å². The first-order valence-corrected chi connectivity index (χ1v) is 12.0. The van der Waals surface area contributed by atoms with Crippen molar-refractivity contribution in [1.29, 1.82) is 0 Å². The van der Waals surface area contributed by atoms with E-state index in [1.807, 2.05) is 6.07 Å². The quantitative estimate of drug-likeness (QED) is 0.271. The number of fused-ring (bicyclic) bond motifs is 1. The van der Waals surface area contributed by atoms with Crippen LogP contribution in [0.25, 0.3) is 17.0 Å². The molecule has 0 unspecified atom stereocenters. The van der Waals surface area contributed by atoms with E-state index in [0.29, 0.717) is 6.61 Å². The van der Waals surface area contributed by atoms with E-state index in [0.717, 1.165) is 18.6 Å². The van der Waals surface area contributed by atoms with Gasteiger partial charge >= 0.3 is 0 Å². The van der Waals surface area contributed by atoms with Crippen molar-refractivity contribution >= 4 is 17.0 Å². The second-order valence-corrected chi connectivity index (χ2v) is 8.97. The zero-order valence-corrected chi connectivity index (χ0v) is 20.6. The fourth-order valence-electron chi connectivity index (χ4n) is 5.12. The third-order valence-electron chi connectivity index (χ3n) is 7.06. The van der Waals surface area contributed by atoms with E-state index < -0.39 is 0 Å². The standard InChI is InChI=1S/C31H35NO/c1-6-12-24-15-17-27-28(21-32(5)29(27)20-24)31(7-2,8-3)26-16-18-30(23(4)19-26)33-22-25-13-10-9-11-14-25/h6,9-21H,7-8,22H2,1-5H3/b12-6+. The SMILES string of the molecule is C/C=C/c1ccc2c(C(CC)(CC)c3ccc(OCc4ccccc4)c(C)c3)cn(C)c2c1. The summed E-state index contributed by atoms with van der Waals surface area (Å²) in [6, 6.07) is 23.9. The van der Waals surface area contributed by atoms with E-state index in [-0.39, 0.29) is 5.41 Å². The molecule has 0 amide bonds. The molecule has 0 bridgehead atoms. The minimum atomic E-state index is -0.0374.